The zero-order valence-corrected chi connectivity index (χ0v) is 15.6. The topological polar surface area (TPSA) is 151 Å². The summed E-state index contributed by atoms with van der Waals surface area (Å²) in [5, 5.41) is 37.8. The van der Waals surface area contributed by atoms with Crippen LogP contribution in [0.3, 0.4) is 0 Å². The number of aromatic hydroxyl groups is 2. The summed E-state index contributed by atoms with van der Waals surface area (Å²) >= 11 is 0. The van der Waals surface area contributed by atoms with Gasteiger partial charge in [-0.15, -0.1) is 0 Å². The van der Waals surface area contributed by atoms with Crippen molar-refractivity contribution in [1.82, 2.24) is 0 Å². The molecule has 0 radical (unpaired) electrons. The zero-order chi connectivity index (χ0) is 21.3. The van der Waals surface area contributed by atoms with Crippen molar-refractivity contribution in [3.63, 3.8) is 0 Å². The van der Waals surface area contributed by atoms with Gasteiger partial charge in [0.1, 0.15) is 12.2 Å². The van der Waals surface area contributed by atoms with Crippen LogP contribution in [0.4, 0.5) is 0 Å². The molecule has 1 aromatic carbocycles. The quantitative estimate of drug-likeness (QED) is 0.145. The molecule has 0 aliphatic rings. The van der Waals surface area contributed by atoms with Crippen molar-refractivity contribution in [2.24, 2.45) is 11.8 Å². The molecule has 0 saturated heterocycles. The number of aliphatic hydroxyl groups is 2. The number of methoxy groups -OCH3 is 1. The summed E-state index contributed by atoms with van der Waals surface area (Å²) in [5.41, 5.74) is 0.642. The fraction of sp³-hybridized carbons (Fsp3) is 0.421. The number of aliphatic hydroxyl groups excluding tert-OH is 1. The number of ether oxygens (including phenoxy) is 2. The summed E-state index contributed by atoms with van der Waals surface area (Å²) in [7, 11) is 1.05. The van der Waals surface area contributed by atoms with Gasteiger partial charge in [-0.3, -0.25) is 14.4 Å². The van der Waals surface area contributed by atoms with Crippen LogP contribution in [0, 0.1) is 11.8 Å². The van der Waals surface area contributed by atoms with E-state index in [0.717, 1.165) is 7.11 Å². The van der Waals surface area contributed by atoms with Gasteiger partial charge in [0.25, 0.3) is 0 Å². The lowest BCUT2D eigenvalue weighted by Crippen LogP contribution is -2.38. The van der Waals surface area contributed by atoms with E-state index >= 15 is 0 Å². The lowest BCUT2D eigenvalue weighted by molar-refractivity contribution is -0.167. The SMILES string of the molecule is C/C=C(/C=O)[C@@H](CC(=O)OCCc1ccc(O)c(O)c1)C(C(=O)OC)C(O)O. The van der Waals surface area contributed by atoms with E-state index in [4.69, 9.17) is 4.74 Å². The van der Waals surface area contributed by atoms with Crippen LogP contribution < -0.4 is 0 Å². The van der Waals surface area contributed by atoms with Crippen molar-refractivity contribution in [1.29, 1.82) is 0 Å². The van der Waals surface area contributed by atoms with Gasteiger partial charge in [0.15, 0.2) is 17.8 Å². The van der Waals surface area contributed by atoms with E-state index in [9.17, 15) is 34.8 Å². The van der Waals surface area contributed by atoms with E-state index < -0.39 is 36.5 Å². The number of rotatable bonds is 10. The summed E-state index contributed by atoms with van der Waals surface area (Å²) < 4.78 is 9.62. The Labute approximate surface area is 161 Å². The van der Waals surface area contributed by atoms with E-state index in [1.165, 1.54) is 25.1 Å². The van der Waals surface area contributed by atoms with Gasteiger partial charge in [-0.1, -0.05) is 12.1 Å². The number of benzene rings is 1. The predicted molar refractivity (Wildman–Crippen MR) is 96.1 cm³/mol. The molecule has 4 N–H and O–H groups in total. The van der Waals surface area contributed by atoms with Crippen LogP contribution in [0.2, 0.25) is 0 Å². The molecule has 1 aromatic rings. The molecule has 9 nitrogen and oxygen atoms in total. The third kappa shape index (κ3) is 6.36. The first-order valence-corrected chi connectivity index (χ1v) is 8.46. The molecule has 28 heavy (non-hydrogen) atoms. The van der Waals surface area contributed by atoms with E-state index in [1.54, 1.807) is 6.07 Å². The molecular weight excluding hydrogens is 372 g/mol. The second kappa shape index (κ2) is 11.1. The number of esters is 2. The van der Waals surface area contributed by atoms with Crippen LogP contribution in [0.25, 0.3) is 0 Å². The van der Waals surface area contributed by atoms with Gasteiger partial charge in [0.05, 0.1) is 20.1 Å². The van der Waals surface area contributed by atoms with Crippen LogP contribution in [-0.4, -0.2) is 58.7 Å². The smallest absolute Gasteiger partial charge is 0.314 e. The highest BCUT2D eigenvalue weighted by Crippen LogP contribution is 2.28. The summed E-state index contributed by atoms with van der Waals surface area (Å²) in [5.74, 6) is -4.99. The van der Waals surface area contributed by atoms with E-state index in [0.29, 0.717) is 11.8 Å². The largest absolute Gasteiger partial charge is 0.504 e. The first-order chi connectivity index (χ1) is 13.2. The third-order valence-corrected chi connectivity index (χ3v) is 4.21. The first-order valence-electron chi connectivity index (χ1n) is 8.46. The Morgan fingerprint density at radius 1 is 1.18 bits per heavy atom. The maximum absolute atomic E-state index is 12.2. The summed E-state index contributed by atoms with van der Waals surface area (Å²) in [6.45, 7) is 1.45. The maximum atomic E-state index is 12.2. The highest BCUT2D eigenvalue weighted by molar-refractivity contribution is 5.82. The lowest BCUT2D eigenvalue weighted by Gasteiger charge is -2.26. The molecule has 0 aliphatic carbocycles. The molecule has 9 heteroatoms. The Bertz CT molecular complexity index is 724. The Hall–Kier alpha value is -2.91. The van der Waals surface area contributed by atoms with Crippen molar-refractivity contribution in [3.8, 4) is 11.5 Å². The second-order valence-electron chi connectivity index (χ2n) is 5.97. The maximum Gasteiger partial charge on any atom is 0.314 e. The van der Waals surface area contributed by atoms with Crippen LogP contribution in [-0.2, 0) is 30.3 Å². The molecule has 0 saturated carbocycles. The van der Waals surface area contributed by atoms with E-state index in [2.05, 4.69) is 4.74 Å². The minimum Gasteiger partial charge on any atom is -0.504 e. The van der Waals surface area contributed by atoms with Gasteiger partial charge >= 0.3 is 11.9 Å². The van der Waals surface area contributed by atoms with Crippen LogP contribution in [0.1, 0.15) is 18.9 Å². The predicted octanol–water partition coefficient (Wildman–Crippen LogP) is 0.435. The number of phenolic OH excluding ortho intramolecular Hbond substituents is 2. The fourth-order valence-corrected chi connectivity index (χ4v) is 2.70. The van der Waals surface area contributed by atoms with Crippen molar-refractivity contribution in [3.05, 3.63) is 35.4 Å². The standard InChI is InChI=1S/C19H24O9/c1-3-12(10-20)13(17(18(24)25)19(26)27-2)9-16(23)28-7-6-11-4-5-14(21)15(22)8-11/h3-5,8,10,13,17-18,21-22,24-25H,6-7,9H2,1-2H3/b12-3-/t13-,17?/m1/s1. The molecule has 1 unspecified atom stereocenters. The first kappa shape index (κ1) is 23.1. The van der Waals surface area contributed by atoms with Gasteiger partial charge in [-0.25, -0.2) is 0 Å². The minimum atomic E-state index is -2.14. The molecule has 0 bridgehead atoms. The zero-order valence-electron chi connectivity index (χ0n) is 15.6. The number of phenols is 2. The number of allylic oxidation sites excluding steroid dienone is 2. The van der Waals surface area contributed by atoms with Crippen LogP contribution >= 0.6 is 0 Å². The third-order valence-electron chi connectivity index (χ3n) is 4.21. The average molecular weight is 396 g/mol. The van der Waals surface area contributed by atoms with Crippen molar-refractivity contribution in [2.75, 3.05) is 13.7 Å². The monoisotopic (exact) mass is 396 g/mol. The van der Waals surface area contributed by atoms with E-state index in [1.807, 2.05) is 0 Å². The van der Waals surface area contributed by atoms with Gasteiger partial charge in [-0.05, 0) is 30.2 Å². The number of hydrogen-bond acceptors (Lipinski definition) is 9. The average Bonchev–Trinajstić information content (AvgIpc) is 2.65. The van der Waals surface area contributed by atoms with Crippen LogP contribution in [0.15, 0.2) is 29.8 Å². The molecule has 1 rings (SSSR count). The molecule has 0 aromatic heterocycles. The minimum absolute atomic E-state index is 0.0314. The Morgan fingerprint density at radius 3 is 2.36 bits per heavy atom. The Balaban J connectivity index is 2.81. The van der Waals surface area contributed by atoms with Crippen molar-refractivity contribution < 1.29 is 44.3 Å². The summed E-state index contributed by atoms with van der Waals surface area (Å²) in [6.07, 6.45) is -0.549. The highest BCUT2D eigenvalue weighted by atomic mass is 16.5. The molecule has 0 spiro atoms. The van der Waals surface area contributed by atoms with Gasteiger partial charge in [-0.2, -0.15) is 0 Å². The number of carbonyl (C=O) groups is 3. The Kier molecular flexibility index (Phi) is 9.13. The molecule has 2 atom stereocenters. The summed E-state index contributed by atoms with van der Waals surface area (Å²) in [4.78, 5) is 35.3. The number of carbonyl (C=O) groups excluding carboxylic acids is 3. The van der Waals surface area contributed by atoms with Crippen molar-refractivity contribution >= 4 is 18.2 Å². The molecule has 0 aliphatic heterocycles. The second-order valence-corrected chi connectivity index (χ2v) is 5.97. The highest BCUT2D eigenvalue weighted by Gasteiger charge is 2.38. The number of aldehydes is 1. The van der Waals surface area contributed by atoms with Crippen LogP contribution in [0.5, 0.6) is 11.5 Å². The molecule has 0 amide bonds. The molecule has 0 fully saturated rings. The molecular formula is C19H24O9. The van der Waals surface area contributed by atoms with E-state index in [-0.39, 0.29) is 30.1 Å². The Morgan fingerprint density at radius 2 is 1.86 bits per heavy atom. The van der Waals surface area contributed by atoms with Gasteiger partial charge in [0, 0.05) is 12.3 Å². The van der Waals surface area contributed by atoms with Gasteiger partial charge < -0.3 is 29.9 Å². The number of hydrogen-bond donors (Lipinski definition) is 4. The fourth-order valence-electron chi connectivity index (χ4n) is 2.70. The van der Waals surface area contributed by atoms with Crippen molar-refractivity contribution in [2.45, 2.75) is 26.1 Å². The summed E-state index contributed by atoms with van der Waals surface area (Å²) in [6, 6.07) is 4.17. The molecule has 154 valence electrons. The van der Waals surface area contributed by atoms with Gasteiger partial charge in [0.2, 0.25) is 0 Å². The normalized spacial score (nSPS) is 13.7. The lowest BCUT2D eigenvalue weighted by atomic mass is 9.83. The molecule has 0 heterocycles.